The lowest BCUT2D eigenvalue weighted by Crippen LogP contribution is -2.35. The van der Waals surface area contributed by atoms with E-state index in [4.69, 9.17) is 0 Å². The topological polar surface area (TPSA) is 92.7 Å². The summed E-state index contributed by atoms with van der Waals surface area (Å²) in [4.78, 5) is 26.3. The van der Waals surface area contributed by atoms with Gasteiger partial charge in [-0.25, -0.2) is 9.48 Å². The minimum Gasteiger partial charge on any atom is -0.477 e. The number of rotatable bonds is 4. The summed E-state index contributed by atoms with van der Waals surface area (Å²) in [5.74, 6) is -1.20. The molecule has 1 fully saturated rings. The molecule has 0 bridgehead atoms. The van der Waals surface area contributed by atoms with Crippen molar-refractivity contribution in [1.29, 1.82) is 0 Å². The van der Waals surface area contributed by atoms with Crippen LogP contribution in [-0.4, -0.2) is 48.5 Å². The Bertz CT molecular complexity index is 1300. The summed E-state index contributed by atoms with van der Waals surface area (Å²) in [7, 11) is 0. The lowest BCUT2D eigenvalue weighted by Gasteiger charge is -2.32. The molecule has 0 spiro atoms. The molecule has 8 nitrogen and oxygen atoms in total. The third-order valence-corrected chi connectivity index (χ3v) is 5.86. The predicted octanol–water partition coefficient (Wildman–Crippen LogP) is 2.58. The number of benzene rings is 1. The van der Waals surface area contributed by atoms with Gasteiger partial charge in [-0.1, -0.05) is 23.4 Å². The van der Waals surface area contributed by atoms with E-state index >= 15 is 0 Å². The summed E-state index contributed by atoms with van der Waals surface area (Å²) in [6.45, 7) is 2.32. The normalized spacial score (nSPS) is 15.7. The van der Waals surface area contributed by atoms with Crippen molar-refractivity contribution in [3.05, 3.63) is 76.2 Å². The predicted molar refractivity (Wildman–Crippen MR) is 112 cm³/mol. The van der Waals surface area contributed by atoms with E-state index in [0.717, 1.165) is 48.0 Å². The van der Waals surface area contributed by atoms with E-state index in [1.54, 1.807) is 12.3 Å². The molecular formula is C22H21N5O3. The van der Waals surface area contributed by atoms with E-state index in [2.05, 4.69) is 15.2 Å². The number of carbonyl (C=O) groups is 1. The number of piperidine rings is 1. The highest BCUT2D eigenvalue weighted by atomic mass is 16.4. The van der Waals surface area contributed by atoms with Gasteiger partial charge < -0.3 is 5.11 Å². The van der Waals surface area contributed by atoms with Gasteiger partial charge in [0.1, 0.15) is 11.1 Å². The van der Waals surface area contributed by atoms with Crippen LogP contribution in [0.15, 0.2) is 59.5 Å². The zero-order valence-corrected chi connectivity index (χ0v) is 16.3. The van der Waals surface area contributed by atoms with E-state index in [-0.39, 0.29) is 5.56 Å². The number of nitrogens with zero attached hydrogens (tertiary/aromatic N) is 5. The first-order chi connectivity index (χ1) is 14.6. The first kappa shape index (κ1) is 18.5. The largest absolute Gasteiger partial charge is 0.477 e. The Morgan fingerprint density at radius 1 is 1.07 bits per heavy atom. The average Bonchev–Trinajstić information content (AvgIpc) is 3.20. The van der Waals surface area contributed by atoms with Gasteiger partial charge in [0.15, 0.2) is 0 Å². The second kappa shape index (κ2) is 7.38. The molecule has 5 rings (SSSR count). The quantitative estimate of drug-likeness (QED) is 0.563. The lowest BCUT2D eigenvalue weighted by atomic mass is 10.0. The Hall–Kier alpha value is -3.52. The van der Waals surface area contributed by atoms with Gasteiger partial charge in [-0.15, -0.1) is 5.10 Å². The molecule has 1 aliphatic rings. The van der Waals surface area contributed by atoms with Gasteiger partial charge in [-0.2, -0.15) is 0 Å². The van der Waals surface area contributed by atoms with Crippen LogP contribution >= 0.6 is 0 Å². The lowest BCUT2D eigenvalue weighted by molar-refractivity contribution is 0.0694. The van der Waals surface area contributed by atoms with Gasteiger partial charge >= 0.3 is 5.97 Å². The second-order valence-electron chi connectivity index (χ2n) is 7.68. The fourth-order valence-electron chi connectivity index (χ4n) is 4.32. The zero-order chi connectivity index (χ0) is 20.7. The molecule has 0 atom stereocenters. The molecule has 0 aliphatic carbocycles. The fraction of sp³-hybridized carbons (Fsp3) is 0.273. The van der Waals surface area contributed by atoms with Crippen molar-refractivity contribution in [3.63, 3.8) is 0 Å². The summed E-state index contributed by atoms with van der Waals surface area (Å²) in [6.07, 6.45) is 3.49. The number of aromatic nitrogens is 4. The van der Waals surface area contributed by atoms with E-state index in [9.17, 15) is 14.7 Å². The van der Waals surface area contributed by atoms with Crippen LogP contribution in [-0.2, 0) is 6.54 Å². The van der Waals surface area contributed by atoms with Crippen molar-refractivity contribution in [2.75, 3.05) is 13.1 Å². The van der Waals surface area contributed by atoms with Crippen molar-refractivity contribution in [3.8, 4) is 0 Å². The van der Waals surface area contributed by atoms with Crippen molar-refractivity contribution in [1.82, 2.24) is 24.3 Å². The maximum atomic E-state index is 12.4. The standard InChI is InChI=1S/C22H21N5O3/c28-21-17(22(29)30)13-15(19-6-3-4-10-26(19)21)14-25-11-8-16(9-12-25)27-20-7-2-1-5-18(20)23-24-27/h1-7,10,13,16H,8-9,11-12,14H2,(H,29,30). The van der Waals surface area contributed by atoms with Crippen LogP contribution in [0.4, 0.5) is 0 Å². The molecular weight excluding hydrogens is 382 g/mol. The summed E-state index contributed by atoms with van der Waals surface area (Å²) < 4.78 is 3.44. The Labute approximate surface area is 172 Å². The summed E-state index contributed by atoms with van der Waals surface area (Å²) in [6, 6.07) is 15.2. The molecule has 4 aromatic rings. The van der Waals surface area contributed by atoms with Crippen molar-refractivity contribution in [2.24, 2.45) is 0 Å². The number of hydrogen-bond acceptors (Lipinski definition) is 5. The van der Waals surface area contributed by atoms with Crippen molar-refractivity contribution < 1.29 is 9.90 Å². The number of carboxylic acids is 1. The number of pyridine rings is 2. The van der Waals surface area contributed by atoms with Gasteiger partial charge in [-0.3, -0.25) is 14.1 Å². The number of carboxylic acid groups (broad SMARTS) is 1. The SMILES string of the molecule is O=C(O)c1cc(CN2CCC(n3nnc4ccccc43)CC2)c2ccccn2c1=O. The number of aromatic carboxylic acids is 1. The highest BCUT2D eigenvalue weighted by molar-refractivity contribution is 5.88. The number of hydrogen-bond donors (Lipinski definition) is 1. The minimum absolute atomic E-state index is 0.197. The van der Waals surface area contributed by atoms with Crippen LogP contribution in [0.3, 0.4) is 0 Å². The monoisotopic (exact) mass is 403 g/mol. The first-order valence-corrected chi connectivity index (χ1v) is 10.0. The maximum Gasteiger partial charge on any atom is 0.341 e. The molecule has 4 heterocycles. The molecule has 1 aliphatic heterocycles. The molecule has 1 N–H and O–H groups in total. The number of likely N-dealkylation sites (tertiary alicyclic amines) is 1. The molecule has 8 heteroatoms. The van der Waals surface area contributed by atoms with Crippen LogP contribution in [0.2, 0.25) is 0 Å². The van der Waals surface area contributed by atoms with Crippen LogP contribution < -0.4 is 5.56 Å². The summed E-state index contributed by atoms with van der Waals surface area (Å²) in [5, 5.41) is 18.1. The third kappa shape index (κ3) is 3.15. The molecule has 30 heavy (non-hydrogen) atoms. The minimum atomic E-state index is -1.20. The van der Waals surface area contributed by atoms with Crippen LogP contribution in [0.25, 0.3) is 16.6 Å². The molecule has 0 radical (unpaired) electrons. The van der Waals surface area contributed by atoms with Gasteiger partial charge in [0, 0.05) is 25.8 Å². The van der Waals surface area contributed by atoms with Gasteiger partial charge in [-0.05, 0) is 48.7 Å². The molecule has 0 saturated carbocycles. The third-order valence-electron chi connectivity index (χ3n) is 5.86. The van der Waals surface area contributed by atoms with E-state index < -0.39 is 11.5 Å². The maximum absolute atomic E-state index is 12.4. The Kier molecular flexibility index (Phi) is 4.55. The second-order valence-corrected chi connectivity index (χ2v) is 7.68. The van der Waals surface area contributed by atoms with Crippen LogP contribution in [0, 0.1) is 0 Å². The van der Waals surface area contributed by atoms with Crippen LogP contribution in [0.1, 0.15) is 34.8 Å². The molecule has 0 amide bonds. The van der Waals surface area contributed by atoms with Crippen LogP contribution in [0.5, 0.6) is 0 Å². The van der Waals surface area contributed by atoms with Gasteiger partial charge in [0.25, 0.3) is 5.56 Å². The first-order valence-electron chi connectivity index (χ1n) is 10.0. The molecule has 1 aromatic carbocycles. The molecule has 152 valence electrons. The highest BCUT2D eigenvalue weighted by Gasteiger charge is 2.24. The fourth-order valence-corrected chi connectivity index (χ4v) is 4.32. The highest BCUT2D eigenvalue weighted by Crippen LogP contribution is 2.26. The van der Waals surface area contributed by atoms with E-state index in [0.29, 0.717) is 12.6 Å². The van der Waals surface area contributed by atoms with E-state index in [1.807, 2.05) is 41.1 Å². The van der Waals surface area contributed by atoms with Gasteiger partial charge in [0.05, 0.1) is 17.1 Å². The Morgan fingerprint density at radius 3 is 2.60 bits per heavy atom. The number of para-hydroxylation sites is 1. The summed E-state index contributed by atoms with van der Waals surface area (Å²) in [5.41, 5.74) is 2.85. The zero-order valence-electron chi connectivity index (χ0n) is 16.3. The Morgan fingerprint density at radius 2 is 1.80 bits per heavy atom. The smallest absolute Gasteiger partial charge is 0.341 e. The van der Waals surface area contributed by atoms with Gasteiger partial charge in [0.2, 0.25) is 0 Å². The molecule has 3 aromatic heterocycles. The molecule has 0 unspecified atom stereocenters. The molecule has 1 saturated heterocycles. The van der Waals surface area contributed by atoms with Crippen molar-refractivity contribution in [2.45, 2.75) is 25.4 Å². The van der Waals surface area contributed by atoms with E-state index in [1.165, 1.54) is 10.5 Å². The summed E-state index contributed by atoms with van der Waals surface area (Å²) >= 11 is 0. The average molecular weight is 403 g/mol. The number of fused-ring (bicyclic) bond motifs is 2. The van der Waals surface area contributed by atoms with Crippen molar-refractivity contribution >= 4 is 22.5 Å². The Balaban J connectivity index is 1.38.